The number of aromatic nitrogens is 2. The number of aryl methyl sites for hydroxylation is 1. The van der Waals surface area contributed by atoms with Crippen molar-refractivity contribution in [2.45, 2.75) is 23.9 Å². The van der Waals surface area contributed by atoms with Crippen molar-refractivity contribution in [2.75, 3.05) is 6.54 Å². The van der Waals surface area contributed by atoms with Crippen LogP contribution in [-0.2, 0) is 17.1 Å². The van der Waals surface area contributed by atoms with Gasteiger partial charge in [-0.05, 0) is 24.3 Å². The number of imidazole rings is 1. The molecule has 0 bridgehead atoms. The Morgan fingerprint density at radius 1 is 1.50 bits per heavy atom. The van der Waals surface area contributed by atoms with Gasteiger partial charge in [0.2, 0.25) is 5.03 Å². The van der Waals surface area contributed by atoms with Crippen LogP contribution in [0.5, 0.6) is 0 Å². The number of hydrogen-bond donors (Lipinski definition) is 0. The summed E-state index contributed by atoms with van der Waals surface area (Å²) in [6, 6.07) is 3.82. The zero-order valence-corrected chi connectivity index (χ0v) is 13.2. The fourth-order valence-electron chi connectivity index (χ4n) is 2.47. The van der Waals surface area contributed by atoms with Crippen molar-refractivity contribution in [3.63, 3.8) is 0 Å². The minimum Gasteiger partial charge on any atom is -0.324 e. The molecule has 1 saturated heterocycles. The van der Waals surface area contributed by atoms with E-state index in [-0.39, 0.29) is 16.2 Å². The molecule has 1 aliphatic heterocycles. The molecule has 1 aliphatic rings. The second-order valence-electron chi connectivity index (χ2n) is 4.74. The zero-order valence-electron chi connectivity index (χ0n) is 10.9. The maximum absolute atomic E-state index is 12.7. The van der Waals surface area contributed by atoms with Crippen LogP contribution in [0.3, 0.4) is 0 Å². The summed E-state index contributed by atoms with van der Waals surface area (Å²) in [5, 5.41) is 2.07. The van der Waals surface area contributed by atoms with Crippen LogP contribution < -0.4 is 0 Å². The van der Waals surface area contributed by atoms with Crippen molar-refractivity contribution in [1.82, 2.24) is 13.9 Å². The van der Waals surface area contributed by atoms with Crippen LogP contribution in [-0.4, -0.2) is 28.8 Å². The normalized spacial score (nSPS) is 20.6. The minimum absolute atomic E-state index is 0.0508. The van der Waals surface area contributed by atoms with E-state index in [9.17, 15) is 8.42 Å². The lowest BCUT2D eigenvalue weighted by molar-refractivity contribution is 0.399. The molecule has 2 aromatic rings. The molecule has 0 spiro atoms. The van der Waals surface area contributed by atoms with Gasteiger partial charge in [-0.15, -0.1) is 11.3 Å². The molecule has 3 rings (SSSR count). The minimum atomic E-state index is -3.65. The van der Waals surface area contributed by atoms with Crippen molar-refractivity contribution >= 4 is 33.0 Å². The summed E-state index contributed by atoms with van der Waals surface area (Å²) in [4.78, 5) is 5.02. The number of rotatable bonds is 3. The average molecular weight is 332 g/mol. The molecule has 0 radical (unpaired) electrons. The molecule has 0 amide bonds. The second kappa shape index (κ2) is 5.14. The van der Waals surface area contributed by atoms with E-state index in [0.29, 0.717) is 6.54 Å². The Hall–Kier alpha value is -0.890. The largest absolute Gasteiger partial charge is 0.324 e. The summed E-state index contributed by atoms with van der Waals surface area (Å²) in [5.41, 5.74) is 0. The highest BCUT2D eigenvalue weighted by Gasteiger charge is 2.39. The first kappa shape index (κ1) is 14.1. The van der Waals surface area contributed by atoms with E-state index in [2.05, 4.69) is 4.98 Å². The number of halogens is 1. The van der Waals surface area contributed by atoms with E-state index in [0.717, 1.165) is 17.7 Å². The van der Waals surface area contributed by atoms with Gasteiger partial charge < -0.3 is 4.57 Å². The Balaban J connectivity index is 2.01. The third kappa shape index (κ3) is 2.18. The smallest absolute Gasteiger partial charge is 0.264 e. The summed E-state index contributed by atoms with van der Waals surface area (Å²) < 4.78 is 28.5. The molecular weight excluding hydrogens is 318 g/mol. The summed E-state index contributed by atoms with van der Waals surface area (Å²) in [7, 11) is -1.97. The predicted octanol–water partition coefficient (Wildman–Crippen LogP) is 2.66. The monoisotopic (exact) mass is 331 g/mol. The molecular formula is C12H14ClN3O2S2. The zero-order chi connectivity index (χ0) is 14.3. The maximum Gasteiger partial charge on any atom is 0.264 e. The highest BCUT2D eigenvalue weighted by atomic mass is 35.5. The van der Waals surface area contributed by atoms with Crippen LogP contribution in [0.1, 0.15) is 23.8 Å². The summed E-state index contributed by atoms with van der Waals surface area (Å²) in [5.74, 6) is 0. The van der Waals surface area contributed by atoms with Crippen molar-refractivity contribution in [3.8, 4) is 0 Å². The van der Waals surface area contributed by atoms with Gasteiger partial charge in [0.25, 0.3) is 10.0 Å². The molecule has 0 N–H and O–H groups in total. The Labute approximate surface area is 126 Å². The van der Waals surface area contributed by atoms with Gasteiger partial charge in [-0.2, -0.15) is 4.31 Å². The molecule has 0 saturated carbocycles. The molecule has 0 aromatic carbocycles. The average Bonchev–Trinajstić information content (AvgIpc) is 3.11. The van der Waals surface area contributed by atoms with Crippen LogP contribution in [0.15, 0.2) is 28.9 Å². The first-order valence-corrected chi connectivity index (χ1v) is 8.93. The molecule has 20 heavy (non-hydrogen) atoms. The van der Waals surface area contributed by atoms with Gasteiger partial charge in [0.15, 0.2) is 0 Å². The van der Waals surface area contributed by atoms with Gasteiger partial charge in [-0.25, -0.2) is 13.4 Å². The highest BCUT2D eigenvalue weighted by Crippen LogP contribution is 2.39. The van der Waals surface area contributed by atoms with Crippen LogP contribution >= 0.6 is 22.9 Å². The van der Waals surface area contributed by atoms with Crippen LogP contribution in [0.25, 0.3) is 0 Å². The first-order valence-electron chi connectivity index (χ1n) is 6.24. The molecule has 1 unspecified atom stereocenters. The highest BCUT2D eigenvalue weighted by molar-refractivity contribution is 7.89. The van der Waals surface area contributed by atoms with E-state index in [1.54, 1.807) is 18.4 Å². The van der Waals surface area contributed by atoms with Gasteiger partial charge in [0, 0.05) is 18.5 Å². The molecule has 1 fully saturated rings. The SMILES string of the molecule is Cn1cnc(S(=O)(=O)N2CCCC2c2cccs2)c1Cl. The molecule has 3 heterocycles. The topological polar surface area (TPSA) is 55.2 Å². The predicted molar refractivity (Wildman–Crippen MR) is 78.4 cm³/mol. The van der Waals surface area contributed by atoms with Gasteiger partial charge >= 0.3 is 0 Å². The third-order valence-corrected chi connectivity index (χ3v) is 6.84. The molecule has 8 heteroatoms. The Bertz CT molecular complexity index is 709. The Morgan fingerprint density at radius 2 is 2.30 bits per heavy atom. The lowest BCUT2D eigenvalue weighted by Gasteiger charge is -2.22. The van der Waals surface area contributed by atoms with E-state index < -0.39 is 10.0 Å². The second-order valence-corrected chi connectivity index (χ2v) is 7.88. The van der Waals surface area contributed by atoms with E-state index in [4.69, 9.17) is 11.6 Å². The fraction of sp³-hybridized carbons (Fsp3) is 0.417. The number of thiophene rings is 1. The van der Waals surface area contributed by atoms with E-state index >= 15 is 0 Å². The van der Waals surface area contributed by atoms with Gasteiger partial charge in [-0.1, -0.05) is 17.7 Å². The fourth-order valence-corrected chi connectivity index (χ4v) is 5.48. The number of nitrogens with zero attached hydrogens (tertiary/aromatic N) is 3. The molecule has 108 valence electrons. The summed E-state index contributed by atoms with van der Waals surface area (Å²) in [6.45, 7) is 0.512. The first-order chi connectivity index (χ1) is 9.51. The number of hydrogen-bond acceptors (Lipinski definition) is 4. The van der Waals surface area contributed by atoms with Crippen LogP contribution in [0.4, 0.5) is 0 Å². The molecule has 0 aliphatic carbocycles. The third-order valence-electron chi connectivity index (χ3n) is 3.46. The molecule has 1 atom stereocenters. The summed E-state index contributed by atoms with van der Waals surface area (Å²) >= 11 is 7.62. The van der Waals surface area contributed by atoms with Crippen molar-refractivity contribution in [3.05, 3.63) is 33.9 Å². The lowest BCUT2D eigenvalue weighted by Crippen LogP contribution is -2.30. The molecule has 2 aromatic heterocycles. The van der Waals surface area contributed by atoms with Crippen LogP contribution in [0.2, 0.25) is 5.15 Å². The molecule has 5 nitrogen and oxygen atoms in total. The summed E-state index contributed by atoms with van der Waals surface area (Å²) in [6.07, 6.45) is 3.11. The van der Waals surface area contributed by atoms with Crippen molar-refractivity contribution in [1.29, 1.82) is 0 Å². The Morgan fingerprint density at radius 3 is 2.90 bits per heavy atom. The number of sulfonamides is 1. The van der Waals surface area contributed by atoms with Crippen molar-refractivity contribution in [2.24, 2.45) is 7.05 Å². The van der Waals surface area contributed by atoms with Gasteiger partial charge in [-0.3, -0.25) is 0 Å². The van der Waals surface area contributed by atoms with Crippen molar-refractivity contribution < 1.29 is 8.42 Å². The van der Waals surface area contributed by atoms with E-state index in [1.807, 2.05) is 17.5 Å². The quantitative estimate of drug-likeness (QED) is 0.868. The van der Waals surface area contributed by atoms with Gasteiger partial charge in [0.1, 0.15) is 5.15 Å². The maximum atomic E-state index is 12.7. The lowest BCUT2D eigenvalue weighted by atomic mass is 10.2. The van der Waals surface area contributed by atoms with E-state index in [1.165, 1.54) is 15.2 Å². The standard InChI is InChI=1S/C12H14ClN3O2S2/c1-15-8-14-12(11(15)13)20(17,18)16-6-2-4-9(16)10-5-3-7-19-10/h3,5,7-9H,2,4,6H2,1H3. The Kier molecular flexibility index (Phi) is 3.62. The van der Waals surface area contributed by atoms with Crippen LogP contribution in [0, 0.1) is 0 Å². The van der Waals surface area contributed by atoms with Gasteiger partial charge in [0.05, 0.1) is 12.4 Å².